The zero-order chi connectivity index (χ0) is 9.30. The summed E-state index contributed by atoms with van der Waals surface area (Å²) in [4.78, 5) is 22.8. The molecule has 0 aromatic heterocycles. The molecule has 0 aliphatic carbocycles. The number of carboxylic acid groups (broad SMARTS) is 1. The van der Waals surface area contributed by atoms with Crippen molar-refractivity contribution >= 4 is 11.9 Å². The molecule has 1 heterocycles. The van der Waals surface area contributed by atoms with Crippen LogP contribution in [-0.2, 0) is 9.59 Å². The molecule has 0 radical (unpaired) electrons. The molecule has 3 N–H and O–H groups in total. The maximum Gasteiger partial charge on any atom is 0.326 e. The van der Waals surface area contributed by atoms with Crippen LogP contribution in [0, 0.1) is 0 Å². The molecular formula is C7H12N2O3. The van der Waals surface area contributed by atoms with E-state index in [0.29, 0.717) is 13.0 Å². The van der Waals surface area contributed by atoms with Crippen molar-refractivity contribution in [3.8, 4) is 0 Å². The average Bonchev–Trinajstić information content (AvgIpc) is 2.31. The topological polar surface area (TPSA) is 83.6 Å². The van der Waals surface area contributed by atoms with Gasteiger partial charge >= 0.3 is 5.97 Å². The molecule has 0 aromatic carbocycles. The Bertz CT molecular complexity index is 195. The van der Waals surface area contributed by atoms with E-state index in [0.717, 1.165) is 0 Å². The van der Waals surface area contributed by atoms with E-state index >= 15 is 0 Å². The Morgan fingerprint density at radius 2 is 2.17 bits per heavy atom. The molecule has 0 bridgehead atoms. The fourth-order valence-corrected chi connectivity index (χ4v) is 1.45. The van der Waals surface area contributed by atoms with Gasteiger partial charge in [0.2, 0.25) is 5.91 Å². The van der Waals surface area contributed by atoms with Gasteiger partial charge in [0.15, 0.2) is 0 Å². The number of nitrogens with zero attached hydrogens (tertiary/aromatic N) is 1. The first-order valence-corrected chi connectivity index (χ1v) is 3.78. The zero-order valence-electron chi connectivity index (χ0n) is 6.86. The number of carboxylic acids is 1. The quantitative estimate of drug-likeness (QED) is 0.532. The van der Waals surface area contributed by atoms with Crippen molar-refractivity contribution in [3.63, 3.8) is 0 Å². The Morgan fingerprint density at radius 1 is 1.58 bits per heavy atom. The van der Waals surface area contributed by atoms with Crippen molar-refractivity contribution < 1.29 is 14.7 Å². The second kappa shape index (κ2) is 3.10. The van der Waals surface area contributed by atoms with Crippen molar-refractivity contribution in [1.82, 2.24) is 4.90 Å². The largest absolute Gasteiger partial charge is 0.480 e. The second-order valence-corrected chi connectivity index (χ2v) is 3.02. The smallest absolute Gasteiger partial charge is 0.326 e. The SMILES string of the molecule is CC(=O)N1CC(N)CC1C(=O)O. The van der Waals surface area contributed by atoms with Crippen LogP contribution in [0.15, 0.2) is 0 Å². The molecule has 1 aliphatic heterocycles. The Hall–Kier alpha value is -1.10. The summed E-state index contributed by atoms with van der Waals surface area (Å²) in [5.74, 6) is -1.20. The number of amides is 1. The van der Waals surface area contributed by atoms with E-state index in [1.807, 2.05) is 0 Å². The predicted molar refractivity (Wildman–Crippen MR) is 41.4 cm³/mol. The van der Waals surface area contributed by atoms with E-state index in [1.54, 1.807) is 0 Å². The number of aliphatic carboxylic acids is 1. The van der Waals surface area contributed by atoms with Crippen molar-refractivity contribution in [2.24, 2.45) is 5.73 Å². The summed E-state index contributed by atoms with van der Waals surface area (Å²) in [6, 6.07) is -0.924. The molecular weight excluding hydrogens is 160 g/mol. The minimum atomic E-state index is -0.974. The van der Waals surface area contributed by atoms with Crippen LogP contribution in [0.25, 0.3) is 0 Å². The van der Waals surface area contributed by atoms with Crippen molar-refractivity contribution in [2.45, 2.75) is 25.4 Å². The summed E-state index contributed by atoms with van der Waals surface area (Å²) in [6.07, 6.45) is 0.356. The standard InChI is InChI=1S/C7H12N2O3/c1-4(10)9-3-5(8)2-6(9)7(11)12/h5-6H,2-3,8H2,1H3,(H,11,12). The summed E-state index contributed by atoms with van der Waals surface area (Å²) >= 11 is 0. The van der Waals surface area contributed by atoms with Gasteiger partial charge in [0, 0.05) is 19.5 Å². The normalized spacial score (nSPS) is 29.0. The molecule has 0 aromatic rings. The number of hydrogen-bond acceptors (Lipinski definition) is 3. The Balaban J connectivity index is 2.72. The molecule has 1 aliphatic rings. The monoisotopic (exact) mass is 172 g/mol. The van der Waals surface area contributed by atoms with E-state index in [-0.39, 0.29) is 11.9 Å². The van der Waals surface area contributed by atoms with Crippen LogP contribution in [0.4, 0.5) is 0 Å². The highest BCUT2D eigenvalue weighted by Gasteiger charge is 2.36. The number of carbonyl (C=O) groups excluding carboxylic acids is 1. The van der Waals surface area contributed by atoms with Crippen LogP contribution in [0.1, 0.15) is 13.3 Å². The maximum atomic E-state index is 10.9. The minimum Gasteiger partial charge on any atom is -0.480 e. The molecule has 1 fully saturated rings. The molecule has 5 nitrogen and oxygen atoms in total. The number of likely N-dealkylation sites (tertiary alicyclic amines) is 1. The third-order valence-electron chi connectivity index (χ3n) is 2.02. The van der Waals surface area contributed by atoms with Gasteiger partial charge in [-0.15, -0.1) is 0 Å². The Labute approximate surface area is 70.1 Å². The van der Waals surface area contributed by atoms with Crippen LogP contribution in [0.2, 0.25) is 0 Å². The molecule has 1 amide bonds. The van der Waals surface area contributed by atoms with Crippen LogP contribution in [-0.4, -0.2) is 40.5 Å². The van der Waals surface area contributed by atoms with Gasteiger partial charge in [-0.05, 0) is 6.42 Å². The lowest BCUT2D eigenvalue weighted by Crippen LogP contribution is -2.39. The zero-order valence-corrected chi connectivity index (χ0v) is 6.86. The summed E-state index contributed by atoms with van der Waals surface area (Å²) in [7, 11) is 0. The average molecular weight is 172 g/mol. The van der Waals surface area contributed by atoms with Crippen molar-refractivity contribution in [3.05, 3.63) is 0 Å². The van der Waals surface area contributed by atoms with Gasteiger partial charge in [0.1, 0.15) is 6.04 Å². The van der Waals surface area contributed by atoms with Crippen LogP contribution in [0.5, 0.6) is 0 Å². The van der Waals surface area contributed by atoms with E-state index in [9.17, 15) is 9.59 Å². The molecule has 68 valence electrons. The third-order valence-corrected chi connectivity index (χ3v) is 2.02. The van der Waals surface area contributed by atoms with E-state index in [2.05, 4.69) is 0 Å². The number of rotatable bonds is 1. The maximum absolute atomic E-state index is 10.9. The third kappa shape index (κ3) is 1.55. The van der Waals surface area contributed by atoms with Gasteiger partial charge in [0.05, 0.1) is 0 Å². The van der Waals surface area contributed by atoms with Gasteiger partial charge in [0.25, 0.3) is 0 Å². The molecule has 0 spiro atoms. The molecule has 2 unspecified atom stereocenters. The summed E-state index contributed by atoms with van der Waals surface area (Å²) in [5.41, 5.74) is 5.53. The lowest BCUT2D eigenvalue weighted by molar-refractivity contribution is -0.147. The molecule has 1 saturated heterocycles. The van der Waals surface area contributed by atoms with Gasteiger partial charge in [-0.25, -0.2) is 4.79 Å². The van der Waals surface area contributed by atoms with Gasteiger partial charge in [-0.2, -0.15) is 0 Å². The summed E-state index contributed by atoms with van der Waals surface area (Å²) in [5, 5.41) is 8.70. The van der Waals surface area contributed by atoms with Crippen LogP contribution < -0.4 is 5.73 Å². The lowest BCUT2D eigenvalue weighted by Gasteiger charge is -2.18. The summed E-state index contributed by atoms with van der Waals surface area (Å²) < 4.78 is 0. The van der Waals surface area contributed by atoms with E-state index in [4.69, 9.17) is 10.8 Å². The number of hydrogen-bond donors (Lipinski definition) is 2. The fraction of sp³-hybridized carbons (Fsp3) is 0.714. The summed E-state index contributed by atoms with van der Waals surface area (Å²) in [6.45, 7) is 1.71. The molecule has 5 heteroatoms. The molecule has 1 rings (SSSR count). The first kappa shape index (κ1) is 8.99. The predicted octanol–water partition coefficient (Wildman–Crippen LogP) is -0.981. The van der Waals surface area contributed by atoms with Gasteiger partial charge in [-0.3, -0.25) is 4.79 Å². The fourth-order valence-electron chi connectivity index (χ4n) is 1.45. The highest BCUT2D eigenvalue weighted by atomic mass is 16.4. The van der Waals surface area contributed by atoms with Gasteiger partial charge < -0.3 is 15.7 Å². The highest BCUT2D eigenvalue weighted by Crippen LogP contribution is 2.16. The first-order chi connectivity index (χ1) is 5.52. The van der Waals surface area contributed by atoms with Crippen LogP contribution >= 0.6 is 0 Å². The van der Waals surface area contributed by atoms with E-state index in [1.165, 1.54) is 11.8 Å². The molecule has 12 heavy (non-hydrogen) atoms. The van der Waals surface area contributed by atoms with E-state index < -0.39 is 12.0 Å². The molecule has 0 saturated carbocycles. The van der Waals surface area contributed by atoms with Crippen molar-refractivity contribution in [2.75, 3.05) is 6.54 Å². The first-order valence-electron chi connectivity index (χ1n) is 3.78. The van der Waals surface area contributed by atoms with Crippen LogP contribution in [0.3, 0.4) is 0 Å². The minimum absolute atomic E-state index is 0.199. The Morgan fingerprint density at radius 3 is 2.50 bits per heavy atom. The second-order valence-electron chi connectivity index (χ2n) is 3.02. The van der Waals surface area contributed by atoms with Gasteiger partial charge in [-0.1, -0.05) is 0 Å². The lowest BCUT2D eigenvalue weighted by atomic mass is 10.2. The van der Waals surface area contributed by atoms with Crippen molar-refractivity contribution in [1.29, 1.82) is 0 Å². The number of nitrogens with two attached hydrogens (primary N) is 1. The highest BCUT2D eigenvalue weighted by molar-refractivity contribution is 5.83. The number of carbonyl (C=O) groups is 2. The molecule has 2 atom stereocenters. The Kier molecular flexibility index (Phi) is 2.32.